The molecule has 0 bridgehead atoms. The van der Waals surface area contributed by atoms with Gasteiger partial charge >= 0.3 is 0 Å². The molecule has 0 atom stereocenters. The van der Waals surface area contributed by atoms with Crippen LogP contribution in [0, 0.1) is 6.92 Å². The highest BCUT2D eigenvalue weighted by Crippen LogP contribution is 2.29. The number of benzene rings is 3. The van der Waals surface area contributed by atoms with Gasteiger partial charge in [-0.05, 0) is 68.3 Å². The van der Waals surface area contributed by atoms with E-state index in [0.717, 1.165) is 40.5 Å². The van der Waals surface area contributed by atoms with Crippen LogP contribution in [0.3, 0.4) is 0 Å². The molecule has 3 aromatic carbocycles. The number of hydrogen-bond donors (Lipinski definition) is 1. The molecule has 0 saturated carbocycles. The van der Waals surface area contributed by atoms with E-state index >= 15 is 0 Å². The Morgan fingerprint density at radius 2 is 1.76 bits per heavy atom. The Morgan fingerprint density at radius 1 is 1.00 bits per heavy atom. The first-order chi connectivity index (χ1) is 16.6. The monoisotopic (exact) mass is 472 g/mol. The van der Waals surface area contributed by atoms with Crippen molar-refractivity contribution in [2.45, 2.75) is 32.3 Å². The lowest BCUT2D eigenvalue weighted by Gasteiger charge is -2.12. The van der Waals surface area contributed by atoms with Gasteiger partial charge in [-0.3, -0.25) is 9.36 Å². The van der Waals surface area contributed by atoms with E-state index in [2.05, 4.69) is 28.5 Å². The van der Waals surface area contributed by atoms with Crippen LogP contribution >= 0.6 is 11.8 Å². The minimum Gasteiger partial charge on any atom is -0.494 e. The molecule has 1 aromatic heterocycles. The summed E-state index contributed by atoms with van der Waals surface area (Å²) in [6, 6.07) is 23.9. The average Bonchev–Trinajstić information content (AvgIpc) is 3.28. The number of hydrogen-bond acceptors (Lipinski definition) is 5. The van der Waals surface area contributed by atoms with Crippen LogP contribution in [-0.2, 0) is 11.2 Å². The summed E-state index contributed by atoms with van der Waals surface area (Å²) in [7, 11) is 0. The first kappa shape index (κ1) is 23.6. The van der Waals surface area contributed by atoms with Crippen molar-refractivity contribution in [2.24, 2.45) is 0 Å². The summed E-state index contributed by atoms with van der Waals surface area (Å²) in [4.78, 5) is 12.6. The molecule has 0 aliphatic carbocycles. The topological polar surface area (TPSA) is 69.0 Å². The summed E-state index contributed by atoms with van der Waals surface area (Å²) >= 11 is 1.36. The SMILES string of the molecule is CCOc1ccc(-n2c(SCC(=O)Nc3ccc(CC)cc3)nnc2-c2cccc(C)c2)cc1. The number of carbonyl (C=O) groups excluding carboxylic acids is 1. The van der Waals surface area contributed by atoms with Gasteiger partial charge in [-0.15, -0.1) is 10.2 Å². The second-order valence-electron chi connectivity index (χ2n) is 7.83. The van der Waals surface area contributed by atoms with E-state index in [4.69, 9.17) is 4.74 Å². The fourth-order valence-electron chi connectivity index (χ4n) is 3.58. The number of rotatable bonds is 9. The molecule has 34 heavy (non-hydrogen) atoms. The van der Waals surface area contributed by atoms with E-state index in [-0.39, 0.29) is 11.7 Å². The number of nitrogens with zero attached hydrogens (tertiary/aromatic N) is 3. The Labute approximate surface area is 204 Å². The van der Waals surface area contributed by atoms with Crippen molar-refractivity contribution in [3.8, 4) is 22.8 Å². The van der Waals surface area contributed by atoms with Gasteiger partial charge in [-0.25, -0.2) is 0 Å². The van der Waals surface area contributed by atoms with E-state index in [9.17, 15) is 4.79 Å². The number of aromatic nitrogens is 3. The molecule has 1 heterocycles. The lowest BCUT2D eigenvalue weighted by atomic mass is 10.1. The predicted octanol–water partition coefficient (Wildman–Crippen LogP) is 5.93. The number of anilines is 1. The Bertz CT molecular complexity index is 1250. The average molecular weight is 473 g/mol. The summed E-state index contributed by atoms with van der Waals surface area (Å²) in [6.45, 7) is 6.73. The van der Waals surface area contributed by atoms with Crippen molar-refractivity contribution in [2.75, 3.05) is 17.7 Å². The highest BCUT2D eigenvalue weighted by atomic mass is 32.2. The zero-order chi connectivity index (χ0) is 23.9. The molecule has 0 aliphatic heterocycles. The Balaban J connectivity index is 1.58. The van der Waals surface area contributed by atoms with Crippen LogP contribution in [0.1, 0.15) is 25.0 Å². The van der Waals surface area contributed by atoms with Gasteiger partial charge in [-0.2, -0.15) is 0 Å². The maximum absolute atomic E-state index is 12.6. The Kier molecular flexibility index (Phi) is 7.65. The summed E-state index contributed by atoms with van der Waals surface area (Å²) in [5.41, 5.74) is 5.04. The van der Waals surface area contributed by atoms with Crippen LogP contribution in [0.15, 0.2) is 78.0 Å². The van der Waals surface area contributed by atoms with Crippen LogP contribution < -0.4 is 10.1 Å². The van der Waals surface area contributed by atoms with Crippen LogP contribution in [0.25, 0.3) is 17.1 Å². The van der Waals surface area contributed by atoms with E-state index in [0.29, 0.717) is 11.8 Å². The number of amides is 1. The lowest BCUT2D eigenvalue weighted by Crippen LogP contribution is -2.14. The number of ether oxygens (including phenoxy) is 1. The van der Waals surface area contributed by atoms with Gasteiger partial charge in [0.2, 0.25) is 5.91 Å². The second-order valence-corrected chi connectivity index (χ2v) is 8.77. The Hall–Kier alpha value is -3.58. The van der Waals surface area contributed by atoms with Crippen LogP contribution in [0.4, 0.5) is 5.69 Å². The van der Waals surface area contributed by atoms with Crippen molar-refractivity contribution < 1.29 is 9.53 Å². The molecular weight excluding hydrogens is 444 g/mol. The third-order valence-electron chi connectivity index (χ3n) is 5.29. The normalized spacial score (nSPS) is 10.8. The zero-order valence-electron chi connectivity index (χ0n) is 19.6. The van der Waals surface area contributed by atoms with Crippen LogP contribution in [-0.4, -0.2) is 33.0 Å². The quantitative estimate of drug-likeness (QED) is 0.306. The summed E-state index contributed by atoms with van der Waals surface area (Å²) in [5, 5.41) is 12.5. The molecule has 6 nitrogen and oxygen atoms in total. The van der Waals surface area contributed by atoms with E-state index < -0.39 is 0 Å². The molecule has 4 aromatic rings. The fraction of sp³-hybridized carbons (Fsp3) is 0.222. The molecule has 4 rings (SSSR count). The van der Waals surface area contributed by atoms with E-state index in [1.54, 1.807) is 0 Å². The molecule has 0 radical (unpaired) electrons. The van der Waals surface area contributed by atoms with Crippen molar-refractivity contribution in [3.05, 3.63) is 83.9 Å². The van der Waals surface area contributed by atoms with Gasteiger partial charge in [-0.1, -0.05) is 54.6 Å². The molecule has 0 fully saturated rings. The second kappa shape index (κ2) is 11.0. The number of carbonyl (C=O) groups is 1. The maximum atomic E-state index is 12.6. The zero-order valence-corrected chi connectivity index (χ0v) is 20.4. The smallest absolute Gasteiger partial charge is 0.234 e. The fourth-order valence-corrected chi connectivity index (χ4v) is 4.33. The van der Waals surface area contributed by atoms with Crippen LogP contribution in [0.5, 0.6) is 5.75 Å². The highest BCUT2D eigenvalue weighted by molar-refractivity contribution is 7.99. The molecule has 1 amide bonds. The predicted molar refractivity (Wildman–Crippen MR) is 138 cm³/mol. The van der Waals surface area contributed by atoms with E-state index in [1.165, 1.54) is 17.3 Å². The molecule has 7 heteroatoms. The largest absolute Gasteiger partial charge is 0.494 e. The molecule has 0 unspecified atom stereocenters. The summed E-state index contributed by atoms with van der Waals surface area (Å²) in [5.74, 6) is 1.66. The number of nitrogens with one attached hydrogen (secondary N) is 1. The summed E-state index contributed by atoms with van der Waals surface area (Å²) < 4.78 is 7.58. The molecular formula is C27H28N4O2S. The van der Waals surface area contributed by atoms with Gasteiger partial charge in [0.05, 0.1) is 12.4 Å². The van der Waals surface area contributed by atoms with Crippen molar-refractivity contribution in [3.63, 3.8) is 0 Å². The lowest BCUT2D eigenvalue weighted by molar-refractivity contribution is -0.113. The van der Waals surface area contributed by atoms with Gasteiger partial charge < -0.3 is 10.1 Å². The number of aryl methyl sites for hydroxylation is 2. The molecule has 1 N–H and O–H groups in total. The third-order valence-corrected chi connectivity index (χ3v) is 6.22. The van der Waals surface area contributed by atoms with Gasteiger partial charge in [0.1, 0.15) is 5.75 Å². The standard InChI is InChI=1S/C27H28N4O2S/c1-4-20-9-11-22(12-10-20)28-25(32)18-34-27-30-29-26(21-8-6-7-19(3)17-21)31(27)23-13-15-24(16-14-23)33-5-2/h6-17H,4-5,18H2,1-3H3,(H,28,32). The minimum atomic E-state index is -0.0902. The van der Waals surface area contributed by atoms with Gasteiger partial charge in [0.15, 0.2) is 11.0 Å². The van der Waals surface area contributed by atoms with Crippen molar-refractivity contribution in [1.82, 2.24) is 14.8 Å². The van der Waals surface area contributed by atoms with Crippen molar-refractivity contribution >= 4 is 23.4 Å². The molecule has 0 spiro atoms. The van der Waals surface area contributed by atoms with Crippen molar-refractivity contribution in [1.29, 1.82) is 0 Å². The Morgan fingerprint density at radius 3 is 2.44 bits per heavy atom. The molecule has 0 aliphatic rings. The third kappa shape index (κ3) is 5.66. The first-order valence-corrected chi connectivity index (χ1v) is 12.3. The van der Waals surface area contributed by atoms with Gasteiger partial charge in [0.25, 0.3) is 0 Å². The molecule has 174 valence electrons. The number of thioether (sulfide) groups is 1. The van der Waals surface area contributed by atoms with Gasteiger partial charge in [0, 0.05) is 16.9 Å². The first-order valence-electron chi connectivity index (χ1n) is 11.3. The molecule has 0 saturated heterocycles. The van der Waals surface area contributed by atoms with Crippen LogP contribution in [0.2, 0.25) is 0 Å². The summed E-state index contributed by atoms with van der Waals surface area (Å²) in [6.07, 6.45) is 0.967. The highest BCUT2D eigenvalue weighted by Gasteiger charge is 2.18. The van der Waals surface area contributed by atoms with E-state index in [1.807, 2.05) is 85.1 Å². The maximum Gasteiger partial charge on any atom is 0.234 e. The minimum absolute atomic E-state index is 0.0902.